The van der Waals surface area contributed by atoms with Gasteiger partial charge in [0.2, 0.25) is 0 Å². The van der Waals surface area contributed by atoms with Crippen molar-refractivity contribution in [2.45, 2.75) is 33.3 Å². The van der Waals surface area contributed by atoms with Gasteiger partial charge in [0.05, 0.1) is 0 Å². The van der Waals surface area contributed by atoms with Crippen molar-refractivity contribution in [2.75, 3.05) is 0 Å². The van der Waals surface area contributed by atoms with Gasteiger partial charge in [-0.3, -0.25) is 4.79 Å². The Morgan fingerprint density at radius 1 is 1.05 bits per heavy atom. The van der Waals surface area contributed by atoms with Crippen LogP contribution in [-0.4, -0.2) is 5.78 Å². The molecule has 2 nitrogen and oxygen atoms in total. The van der Waals surface area contributed by atoms with Crippen LogP contribution in [0.15, 0.2) is 54.3 Å². The van der Waals surface area contributed by atoms with Crippen molar-refractivity contribution in [2.24, 2.45) is 5.41 Å². The van der Waals surface area contributed by atoms with Gasteiger partial charge in [-0.05, 0) is 27.8 Å². The van der Waals surface area contributed by atoms with Gasteiger partial charge in [0, 0.05) is 18.9 Å². The molecule has 0 N–H and O–H groups in total. The van der Waals surface area contributed by atoms with E-state index in [1.54, 1.807) is 6.08 Å². The van der Waals surface area contributed by atoms with Crippen LogP contribution in [0.3, 0.4) is 0 Å². The lowest BCUT2D eigenvalue weighted by molar-refractivity contribution is -0.117. The topological polar surface area (TPSA) is 26.3 Å². The van der Waals surface area contributed by atoms with Crippen LogP contribution in [0.5, 0.6) is 0 Å². The van der Waals surface area contributed by atoms with Crippen molar-refractivity contribution >= 4 is 16.6 Å². The number of hydrogen-bond donors (Lipinski definition) is 0. The normalized spacial score (nSPS) is 17.6. The minimum Gasteiger partial charge on any atom is -0.493 e. The fourth-order valence-electron chi connectivity index (χ4n) is 2.88. The maximum absolute atomic E-state index is 11.7. The zero-order valence-electron chi connectivity index (χ0n) is 12.6. The van der Waals surface area contributed by atoms with E-state index in [2.05, 4.69) is 44.2 Å². The predicted molar refractivity (Wildman–Crippen MR) is 84.8 cm³/mol. The Bertz CT molecular complexity index is 710. The molecule has 0 unspecified atom stereocenters. The SMILES string of the molecule is CC1(C)CC(=O)C=C(OCc2ccc3ccccc3c2)C1. The summed E-state index contributed by atoms with van der Waals surface area (Å²) in [6.45, 7) is 4.73. The Balaban J connectivity index is 1.73. The molecule has 2 aromatic carbocycles. The molecule has 0 saturated heterocycles. The smallest absolute Gasteiger partial charge is 0.159 e. The maximum atomic E-state index is 11.7. The average molecular weight is 280 g/mol. The number of ketones is 1. The highest BCUT2D eigenvalue weighted by atomic mass is 16.5. The molecule has 1 aliphatic carbocycles. The van der Waals surface area contributed by atoms with Crippen LogP contribution in [0, 0.1) is 5.41 Å². The summed E-state index contributed by atoms with van der Waals surface area (Å²) >= 11 is 0. The first kappa shape index (κ1) is 13.9. The van der Waals surface area contributed by atoms with Gasteiger partial charge >= 0.3 is 0 Å². The number of rotatable bonds is 3. The third kappa shape index (κ3) is 3.33. The molecule has 108 valence electrons. The van der Waals surface area contributed by atoms with Crippen molar-refractivity contribution in [3.63, 3.8) is 0 Å². The van der Waals surface area contributed by atoms with Crippen LogP contribution in [0.25, 0.3) is 10.8 Å². The quantitative estimate of drug-likeness (QED) is 0.819. The van der Waals surface area contributed by atoms with Crippen molar-refractivity contribution < 1.29 is 9.53 Å². The van der Waals surface area contributed by atoms with Crippen LogP contribution in [0.4, 0.5) is 0 Å². The summed E-state index contributed by atoms with van der Waals surface area (Å²) in [5.74, 6) is 0.976. The van der Waals surface area contributed by atoms with Crippen molar-refractivity contribution in [3.8, 4) is 0 Å². The van der Waals surface area contributed by atoms with E-state index >= 15 is 0 Å². The van der Waals surface area contributed by atoms with Gasteiger partial charge < -0.3 is 4.74 Å². The number of ether oxygens (including phenoxy) is 1. The largest absolute Gasteiger partial charge is 0.493 e. The Labute approximate surface area is 125 Å². The summed E-state index contributed by atoms with van der Waals surface area (Å²) in [5.41, 5.74) is 1.13. The number of carbonyl (C=O) groups excluding carboxylic acids is 1. The fraction of sp³-hybridized carbons (Fsp3) is 0.316. The number of allylic oxidation sites excluding steroid dienone is 2. The molecule has 0 spiro atoms. The van der Waals surface area contributed by atoms with Gasteiger partial charge in [-0.25, -0.2) is 0 Å². The lowest BCUT2D eigenvalue weighted by Crippen LogP contribution is -2.22. The second kappa shape index (κ2) is 5.36. The lowest BCUT2D eigenvalue weighted by Gasteiger charge is -2.28. The van der Waals surface area contributed by atoms with E-state index in [4.69, 9.17) is 4.74 Å². The van der Waals surface area contributed by atoms with E-state index in [0.29, 0.717) is 13.0 Å². The van der Waals surface area contributed by atoms with Gasteiger partial charge in [0.1, 0.15) is 12.4 Å². The minimum atomic E-state index is 0.00452. The monoisotopic (exact) mass is 280 g/mol. The van der Waals surface area contributed by atoms with Crippen LogP contribution >= 0.6 is 0 Å². The Hall–Kier alpha value is -2.09. The molecule has 1 aliphatic rings. The molecule has 0 amide bonds. The van der Waals surface area contributed by atoms with Crippen LogP contribution < -0.4 is 0 Å². The van der Waals surface area contributed by atoms with Gasteiger partial charge in [-0.2, -0.15) is 0 Å². The van der Waals surface area contributed by atoms with E-state index < -0.39 is 0 Å². The third-order valence-electron chi connectivity index (χ3n) is 3.87. The number of fused-ring (bicyclic) bond motifs is 1. The average Bonchev–Trinajstić information content (AvgIpc) is 2.43. The second-order valence-corrected chi connectivity index (χ2v) is 6.56. The zero-order chi connectivity index (χ0) is 14.9. The first-order valence-corrected chi connectivity index (χ1v) is 7.36. The molecular weight excluding hydrogens is 260 g/mol. The number of benzene rings is 2. The predicted octanol–water partition coefficient (Wildman–Crippen LogP) is 4.63. The molecule has 0 fully saturated rings. The molecule has 0 heterocycles. The fourth-order valence-corrected chi connectivity index (χ4v) is 2.88. The highest BCUT2D eigenvalue weighted by molar-refractivity contribution is 5.91. The van der Waals surface area contributed by atoms with Crippen molar-refractivity contribution in [1.29, 1.82) is 0 Å². The van der Waals surface area contributed by atoms with E-state index in [0.717, 1.165) is 17.7 Å². The molecule has 3 rings (SSSR count). The van der Waals surface area contributed by atoms with Crippen LogP contribution in [0.1, 0.15) is 32.3 Å². The molecule has 2 aromatic rings. The Kier molecular flexibility index (Phi) is 3.54. The molecule has 21 heavy (non-hydrogen) atoms. The summed E-state index contributed by atoms with van der Waals surface area (Å²) in [5, 5.41) is 2.45. The summed E-state index contributed by atoms with van der Waals surface area (Å²) in [6, 6.07) is 14.6. The Morgan fingerprint density at radius 3 is 2.57 bits per heavy atom. The van der Waals surface area contributed by atoms with Crippen molar-refractivity contribution in [3.05, 3.63) is 59.9 Å². The molecule has 0 bridgehead atoms. The summed E-state index contributed by atoms with van der Waals surface area (Å²) in [6.07, 6.45) is 3.09. The first-order valence-electron chi connectivity index (χ1n) is 7.36. The van der Waals surface area contributed by atoms with E-state index in [1.165, 1.54) is 10.8 Å². The van der Waals surface area contributed by atoms with Crippen LogP contribution in [0.2, 0.25) is 0 Å². The van der Waals surface area contributed by atoms with E-state index in [-0.39, 0.29) is 11.2 Å². The molecule has 0 aliphatic heterocycles. The molecule has 0 atom stereocenters. The van der Waals surface area contributed by atoms with Gasteiger partial charge in [-0.15, -0.1) is 0 Å². The minimum absolute atomic E-state index is 0.00452. The zero-order valence-corrected chi connectivity index (χ0v) is 12.6. The van der Waals surface area contributed by atoms with Gasteiger partial charge in [0.15, 0.2) is 5.78 Å². The first-order chi connectivity index (χ1) is 10.0. The lowest BCUT2D eigenvalue weighted by atomic mass is 9.79. The maximum Gasteiger partial charge on any atom is 0.159 e. The third-order valence-corrected chi connectivity index (χ3v) is 3.87. The van der Waals surface area contributed by atoms with Gasteiger partial charge in [-0.1, -0.05) is 50.2 Å². The second-order valence-electron chi connectivity index (χ2n) is 6.56. The molecular formula is C19H20O2. The summed E-state index contributed by atoms with van der Waals surface area (Å²) in [4.78, 5) is 11.7. The summed E-state index contributed by atoms with van der Waals surface area (Å²) in [7, 11) is 0. The molecule has 2 heteroatoms. The van der Waals surface area contributed by atoms with Crippen molar-refractivity contribution in [1.82, 2.24) is 0 Å². The Morgan fingerprint density at radius 2 is 1.81 bits per heavy atom. The molecule has 0 saturated carbocycles. The van der Waals surface area contributed by atoms with E-state index in [1.807, 2.05) is 12.1 Å². The standard InChI is InChI=1S/C19H20O2/c1-19(2)11-17(20)10-18(12-19)21-13-14-7-8-15-5-3-4-6-16(15)9-14/h3-10H,11-13H2,1-2H3. The number of hydrogen-bond acceptors (Lipinski definition) is 2. The number of carbonyl (C=O) groups is 1. The van der Waals surface area contributed by atoms with E-state index in [9.17, 15) is 4.79 Å². The molecule has 0 radical (unpaired) electrons. The molecule has 0 aromatic heterocycles. The summed E-state index contributed by atoms with van der Waals surface area (Å²) < 4.78 is 5.86. The highest BCUT2D eigenvalue weighted by Crippen LogP contribution is 2.34. The highest BCUT2D eigenvalue weighted by Gasteiger charge is 2.28. The van der Waals surface area contributed by atoms with Crippen LogP contribution in [-0.2, 0) is 16.1 Å². The van der Waals surface area contributed by atoms with Gasteiger partial charge in [0.25, 0.3) is 0 Å².